The number of Topliss-reactive ketones (excluding diaryl/α,β-unsaturated/α-hetero) is 1. The van der Waals surface area contributed by atoms with Crippen LogP contribution in [-0.4, -0.2) is 5.78 Å². The zero-order valence-electron chi connectivity index (χ0n) is 10.2. The maximum Gasteiger partial charge on any atom is 0.129 e. The molecule has 0 aliphatic heterocycles. The number of hydrogen-bond acceptors (Lipinski definition) is 1. The fourth-order valence-electron chi connectivity index (χ4n) is 2.02. The van der Waals surface area contributed by atoms with Crippen molar-refractivity contribution in [3.05, 3.63) is 22.8 Å². The van der Waals surface area contributed by atoms with Gasteiger partial charge < -0.3 is 4.79 Å². The van der Waals surface area contributed by atoms with Gasteiger partial charge in [-0.1, -0.05) is 22.8 Å². The maximum absolute atomic E-state index is 10.8. The summed E-state index contributed by atoms with van der Waals surface area (Å²) in [4.78, 5) is 10.8. The number of allylic oxidation sites excluding steroid dienone is 4. The zero-order valence-corrected chi connectivity index (χ0v) is 10.2. The SMILES string of the molecule is CC(=O)CCC/C(C)=C1\CC=C(C)CC1. The van der Waals surface area contributed by atoms with Gasteiger partial charge >= 0.3 is 0 Å². The second-order valence-corrected chi connectivity index (χ2v) is 4.69. The lowest BCUT2D eigenvalue weighted by atomic mass is 9.90. The van der Waals surface area contributed by atoms with E-state index < -0.39 is 0 Å². The Morgan fingerprint density at radius 2 is 2.00 bits per heavy atom. The molecule has 0 amide bonds. The van der Waals surface area contributed by atoms with Crippen LogP contribution in [-0.2, 0) is 4.79 Å². The van der Waals surface area contributed by atoms with Crippen molar-refractivity contribution in [3.8, 4) is 0 Å². The Morgan fingerprint density at radius 3 is 2.53 bits per heavy atom. The summed E-state index contributed by atoms with van der Waals surface area (Å²) in [7, 11) is 0. The molecule has 0 aromatic rings. The van der Waals surface area contributed by atoms with Gasteiger partial charge in [-0.05, 0) is 52.9 Å². The van der Waals surface area contributed by atoms with Crippen molar-refractivity contribution in [2.75, 3.05) is 0 Å². The van der Waals surface area contributed by atoms with Gasteiger partial charge in [0.15, 0.2) is 0 Å². The van der Waals surface area contributed by atoms with E-state index in [4.69, 9.17) is 0 Å². The van der Waals surface area contributed by atoms with E-state index in [1.54, 1.807) is 12.5 Å². The molecule has 0 atom stereocenters. The van der Waals surface area contributed by atoms with E-state index in [0.717, 1.165) is 25.7 Å². The molecule has 1 nitrogen and oxygen atoms in total. The van der Waals surface area contributed by atoms with Gasteiger partial charge in [0.2, 0.25) is 0 Å². The fourth-order valence-corrected chi connectivity index (χ4v) is 2.02. The van der Waals surface area contributed by atoms with Gasteiger partial charge in [-0.15, -0.1) is 0 Å². The first-order valence-corrected chi connectivity index (χ1v) is 5.92. The molecule has 0 unspecified atom stereocenters. The Morgan fingerprint density at radius 1 is 1.27 bits per heavy atom. The number of ketones is 1. The monoisotopic (exact) mass is 206 g/mol. The van der Waals surface area contributed by atoms with Crippen molar-refractivity contribution in [1.82, 2.24) is 0 Å². The van der Waals surface area contributed by atoms with Gasteiger partial charge in [0.1, 0.15) is 5.78 Å². The summed E-state index contributed by atoms with van der Waals surface area (Å²) >= 11 is 0. The number of rotatable bonds is 4. The number of hydrogen-bond donors (Lipinski definition) is 0. The Balaban J connectivity index is 2.41. The summed E-state index contributed by atoms with van der Waals surface area (Å²) in [5.74, 6) is 0.312. The molecule has 0 saturated heterocycles. The van der Waals surface area contributed by atoms with Crippen LogP contribution in [0.5, 0.6) is 0 Å². The van der Waals surface area contributed by atoms with Crippen LogP contribution < -0.4 is 0 Å². The second kappa shape index (κ2) is 5.89. The van der Waals surface area contributed by atoms with Crippen molar-refractivity contribution in [3.63, 3.8) is 0 Å². The Hall–Kier alpha value is -0.850. The highest BCUT2D eigenvalue weighted by atomic mass is 16.1. The quantitative estimate of drug-likeness (QED) is 0.630. The molecule has 1 aliphatic carbocycles. The lowest BCUT2D eigenvalue weighted by Gasteiger charge is -2.16. The summed E-state index contributed by atoms with van der Waals surface area (Å²) in [5.41, 5.74) is 4.64. The molecular formula is C14H22O. The van der Waals surface area contributed by atoms with E-state index in [1.165, 1.54) is 24.0 Å². The van der Waals surface area contributed by atoms with E-state index in [0.29, 0.717) is 5.78 Å². The Labute approximate surface area is 93.3 Å². The van der Waals surface area contributed by atoms with Crippen molar-refractivity contribution < 1.29 is 4.79 Å². The summed E-state index contributed by atoms with van der Waals surface area (Å²) in [6.45, 7) is 6.11. The van der Waals surface area contributed by atoms with Gasteiger partial charge in [0.25, 0.3) is 0 Å². The predicted octanol–water partition coefficient (Wildman–Crippen LogP) is 4.19. The minimum atomic E-state index is 0.312. The van der Waals surface area contributed by atoms with Gasteiger partial charge in [-0.3, -0.25) is 0 Å². The molecule has 0 spiro atoms. The van der Waals surface area contributed by atoms with Gasteiger partial charge in [0.05, 0.1) is 0 Å². The van der Waals surface area contributed by atoms with Crippen LogP contribution in [0.25, 0.3) is 0 Å². The summed E-state index contributed by atoms with van der Waals surface area (Å²) in [6, 6.07) is 0. The fraction of sp³-hybridized carbons (Fsp3) is 0.643. The maximum atomic E-state index is 10.8. The van der Waals surface area contributed by atoms with Crippen LogP contribution in [0, 0.1) is 0 Å². The highest BCUT2D eigenvalue weighted by Crippen LogP contribution is 2.26. The molecule has 0 saturated carbocycles. The van der Waals surface area contributed by atoms with E-state index in [1.807, 2.05) is 0 Å². The van der Waals surface area contributed by atoms with Gasteiger partial charge in [-0.2, -0.15) is 0 Å². The van der Waals surface area contributed by atoms with E-state index in [2.05, 4.69) is 19.9 Å². The molecule has 1 heteroatoms. The highest BCUT2D eigenvalue weighted by Gasteiger charge is 2.07. The highest BCUT2D eigenvalue weighted by molar-refractivity contribution is 5.75. The molecule has 15 heavy (non-hydrogen) atoms. The van der Waals surface area contributed by atoms with Crippen molar-refractivity contribution in [1.29, 1.82) is 0 Å². The van der Waals surface area contributed by atoms with Gasteiger partial charge in [0, 0.05) is 6.42 Å². The lowest BCUT2D eigenvalue weighted by molar-refractivity contribution is -0.117. The molecule has 84 valence electrons. The average Bonchev–Trinajstić information content (AvgIpc) is 2.18. The zero-order chi connectivity index (χ0) is 11.3. The van der Waals surface area contributed by atoms with Crippen LogP contribution in [0.15, 0.2) is 22.8 Å². The first-order valence-electron chi connectivity index (χ1n) is 5.92. The molecule has 0 aromatic carbocycles. The van der Waals surface area contributed by atoms with Crippen LogP contribution >= 0.6 is 0 Å². The van der Waals surface area contributed by atoms with Gasteiger partial charge in [-0.25, -0.2) is 0 Å². The Kier molecular flexibility index (Phi) is 4.80. The van der Waals surface area contributed by atoms with Crippen LogP contribution in [0.2, 0.25) is 0 Å². The molecule has 0 fully saturated rings. The van der Waals surface area contributed by atoms with Crippen LogP contribution in [0.4, 0.5) is 0 Å². The predicted molar refractivity (Wildman–Crippen MR) is 64.8 cm³/mol. The van der Waals surface area contributed by atoms with Crippen molar-refractivity contribution in [2.24, 2.45) is 0 Å². The normalized spacial score (nSPS) is 19.8. The molecule has 1 aliphatic rings. The van der Waals surface area contributed by atoms with Crippen molar-refractivity contribution >= 4 is 5.78 Å². The largest absolute Gasteiger partial charge is 0.300 e. The van der Waals surface area contributed by atoms with Crippen molar-refractivity contribution in [2.45, 2.75) is 59.3 Å². The Bertz CT molecular complexity index is 294. The minimum absolute atomic E-state index is 0.312. The molecule has 0 radical (unpaired) electrons. The second-order valence-electron chi connectivity index (χ2n) is 4.69. The third-order valence-electron chi connectivity index (χ3n) is 3.20. The van der Waals surface area contributed by atoms with E-state index in [9.17, 15) is 4.79 Å². The lowest BCUT2D eigenvalue weighted by Crippen LogP contribution is -1.97. The summed E-state index contributed by atoms with van der Waals surface area (Å²) < 4.78 is 0. The molecule has 0 aromatic heterocycles. The summed E-state index contributed by atoms with van der Waals surface area (Å²) in [6.07, 6.45) is 8.79. The molecule has 0 bridgehead atoms. The average molecular weight is 206 g/mol. The van der Waals surface area contributed by atoms with Crippen LogP contribution in [0.1, 0.15) is 59.3 Å². The van der Waals surface area contributed by atoms with E-state index in [-0.39, 0.29) is 0 Å². The molecule has 1 rings (SSSR count). The first kappa shape index (κ1) is 12.2. The summed E-state index contributed by atoms with van der Waals surface area (Å²) in [5, 5.41) is 0. The number of carbonyl (C=O) groups excluding carboxylic acids is 1. The minimum Gasteiger partial charge on any atom is -0.300 e. The number of carbonyl (C=O) groups is 1. The smallest absolute Gasteiger partial charge is 0.129 e. The topological polar surface area (TPSA) is 17.1 Å². The third kappa shape index (κ3) is 4.46. The molecular weight excluding hydrogens is 184 g/mol. The van der Waals surface area contributed by atoms with Crippen LogP contribution in [0.3, 0.4) is 0 Å². The molecule has 0 heterocycles. The third-order valence-corrected chi connectivity index (χ3v) is 3.20. The molecule has 0 N–H and O–H groups in total. The first-order chi connectivity index (χ1) is 7.09. The van der Waals surface area contributed by atoms with E-state index >= 15 is 0 Å². The standard InChI is InChI=1S/C14H22O/c1-11-7-9-14(10-8-11)12(2)5-4-6-13(3)15/h7H,4-6,8-10H2,1-3H3/b14-12+.